The molecule has 0 saturated heterocycles. The van der Waals surface area contributed by atoms with Crippen LogP contribution >= 0.6 is 0 Å². The van der Waals surface area contributed by atoms with Gasteiger partial charge in [-0.3, -0.25) is 0 Å². The molecule has 1 aromatic rings. The molecule has 0 unspecified atom stereocenters. The van der Waals surface area contributed by atoms with Gasteiger partial charge in [-0.2, -0.15) is 0 Å². The lowest BCUT2D eigenvalue weighted by molar-refractivity contribution is 0.0655. The first-order valence-corrected chi connectivity index (χ1v) is 12.7. The van der Waals surface area contributed by atoms with Crippen molar-refractivity contribution in [2.24, 2.45) is 5.92 Å². The third-order valence-electron chi connectivity index (χ3n) is 7.67. The van der Waals surface area contributed by atoms with Crippen molar-refractivity contribution in [3.63, 3.8) is 0 Å². The fourth-order valence-corrected chi connectivity index (χ4v) is 5.55. The van der Waals surface area contributed by atoms with Crippen molar-refractivity contribution in [1.82, 2.24) is 0 Å². The molecular formula is C29H39F3O2. The van der Waals surface area contributed by atoms with Crippen LogP contribution in [0.25, 0.3) is 0 Å². The van der Waals surface area contributed by atoms with Crippen molar-refractivity contribution in [2.75, 3.05) is 13.7 Å². The Hall–Kier alpha value is -2.01. The zero-order valence-corrected chi connectivity index (χ0v) is 20.7. The van der Waals surface area contributed by atoms with Gasteiger partial charge in [0.1, 0.15) is 5.76 Å². The summed E-state index contributed by atoms with van der Waals surface area (Å²) >= 11 is 0. The van der Waals surface area contributed by atoms with E-state index >= 15 is 8.78 Å². The first kappa shape index (κ1) is 26.6. The summed E-state index contributed by atoms with van der Waals surface area (Å²) < 4.78 is 54.6. The van der Waals surface area contributed by atoms with Crippen LogP contribution < -0.4 is 0 Å². The van der Waals surface area contributed by atoms with Gasteiger partial charge in [0.05, 0.1) is 12.7 Å². The molecule has 188 valence electrons. The highest BCUT2D eigenvalue weighted by atomic mass is 19.2. The van der Waals surface area contributed by atoms with Crippen molar-refractivity contribution in [2.45, 2.75) is 89.1 Å². The molecule has 0 heterocycles. The molecule has 0 aromatic heterocycles. The van der Waals surface area contributed by atoms with Crippen LogP contribution in [0.2, 0.25) is 0 Å². The first-order chi connectivity index (χ1) is 16.3. The van der Waals surface area contributed by atoms with Crippen LogP contribution in [-0.2, 0) is 9.47 Å². The normalized spacial score (nSPS) is 25.7. The van der Waals surface area contributed by atoms with Crippen LogP contribution in [0, 0.1) is 17.6 Å². The summed E-state index contributed by atoms with van der Waals surface area (Å²) in [7, 11) is 1.71. The summed E-state index contributed by atoms with van der Waals surface area (Å²) in [5.74, 6) is -1.14. The molecule has 0 N–H and O–H groups in total. The molecule has 34 heavy (non-hydrogen) atoms. The molecule has 2 saturated carbocycles. The highest BCUT2D eigenvalue weighted by molar-refractivity contribution is 5.32. The highest BCUT2D eigenvalue weighted by Gasteiger charge is 2.29. The monoisotopic (exact) mass is 476 g/mol. The Morgan fingerprint density at radius 1 is 0.941 bits per heavy atom. The lowest BCUT2D eigenvalue weighted by Crippen LogP contribution is -2.20. The van der Waals surface area contributed by atoms with E-state index < -0.39 is 17.5 Å². The lowest BCUT2D eigenvalue weighted by Gasteiger charge is -2.31. The predicted molar refractivity (Wildman–Crippen MR) is 131 cm³/mol. The van der Waals surface area contributed by atoms with Gasteiger partial charge in [0.15, 0.2) is 17.5 Å². The zero-order valence-electron chi connectivity index (χ0n) is 20.7. The summed E-state index contributed by atoms with van der Waals surface area (Å²) in [6.45, 7) is 9.67. The Balaban J connectivity index is 1.51. The van der Waals surface area contributed by atoms with Crippen molar-refractivity contribution in [3.05, 3.63) is 71.3 Å². The van der Waals surface area contributed by atoms with Gasteiger partial charge >= 0.3 is 0 Å². The van der Waals surface area contributed by atoms with Crippen LogP contribution in [0.3, 0.4) is 0 Å². The smallest absolute Gasteiger partial charge is 0.164 e. The average molecular weight is 477 g/mol. The van der Waals surface area contributed by atoms with Crippen LogP contribution in [0.4, 0.5) is 13.2 Å². The molecule has 5 heteroatoms. The fraction of sp³-hybridized carbons (Fsp3) is 0.586. The van der Waals surface area contributed by atoms with Crippen LogP contribution in [-0.4, -0.2) is 19.8 Å². The second kappa shape index (κ2) is 12.6. The lowest BCUT2D eigenvalue weighted by atomic mass is 9.76. The predicted octanol–water partition coefficient (Wildman–Crippen LogP) is 8.65. The molecule has 2 aliphatic rings. The van der Waals surface area contributed by atoms with Gasteiger partial charge in [-0.05, 0) is 106 Å². The van der Waals surface area contributed by atoms with E-state index in [9.17, 15) is 4.39 Å². The van der Waals surface area contributed by atoms with E-state index in [0.29, 0.717) is 35.6 Å². The summed E-state index contributed by atoms with van der Waals surface area (Å²) in [6.07, 6.45) is 10.3. The number of hydrogen-bond donors (Lipinski definition) is 0. The Bertz CT molecular complexity index is 876. The summed E-state index contributed by atoms with van der Waals surface area (Å²) in [6, 6.07) is 3.64. The van der Waals surface area contributed by atoms with Gasteiger partial charge < -0.3 is 9.47 Å². The Morgan fingerprint density at radius 3 is 1.97 bits per heavy atom. The summed E-state index contributed by atoms with van der Waals surface area (Å²) in [5, 5.41) is 0. The van der Waals surface area contributed by atoms with Crippen LogP contribution in [0.15, 0.2) is 48.5 Å². The quantitative estimate of drug-likeness (QED) is 0.248. The Kier molecular flexibility index (Phi) is 9.87. The average Bonchev–Trinajstić information content (AvgIpc) is 2.85. The van der Waals surface area contributed by atoms with Crippen molar-refractivity contribution >= 4 is 0 Å². The topological polar surface area (TPSA) is 18.5 Å². The van der Waals surface area contributed by atoms with E-state index in [4.69, 9.17) is 9.47 Å². The number of halogens is 3. The van der Waals surface area contributed by atoms with Crippen LogP contribution in [0.1, 0.15) is 94.1 Å². The van der Waals surface area contributed by atoms with Gasteiger partial charge in [-0.1, -0.05) is 30.9 Å². The number of rotatable bonds is 10. The molecule has 0 bridgehead atoms. The molecule has 2 nitrogen and oxygen atoms in total. The molecule has 1 aromatic carbocycles. The zero-order chi connectivity index (χ0) is 24.7. The molecular weight excluding hydrogens is 437 g/mol. The first-order valence-electron chi connectivity index (χ1n) is 12.7. The van der Waals surface area contributed by atoms with Gasteiger partial charge in [-0.25, -0.2) is 13.2 Å². The minimum Gasteiger partial charge on any atom is -0.491 e. The van der Waals surface area contributed by atoms with E-state index in [0.717, 1.165) is 57.8 Å². The van der Waals surface area contributed by atoms with Gasteiger partial charge in [0.2, 0.25) is 0 Å². The van der Waals surface area contributed by atoms with Crippen molar-refractivity contribution in [1.29, 1.82) is 0 Å². The molecule has 0 amide bonds. The fourth-order valence-electron chi connectivity index (χ4n) is 5.55. The minimum atomic E-state index is -0.654. The molecule has 0 radical (unpaired) electrons. The minimum absolute atomic E-state index is 0.0343. The Morgan fingerprint density at radius 2 is 1.47 bits per heavy atom. The molecule has 0 aliphatic heterocycles. The highest BCUT2D eigenvalue weighted by Crippen LogP contribution is 2.41. The van der Waals surface area contributed by atoms with Gasteiger partial charge in [0, 0.05) is 7.11 Å². The summed E-state index contributed by atoms with van der Waals surface area (Å²) in [4.78, 5) is 0. The third-order valence-corrected chi connectivity index (χ3v) is 7.67. The SMILES string of the molecule is C=C(/C=C(/F)C(=C)OCC)CCC1CCC(c2ccc(C3CCC(OC)CC3)c(F)c2F)CC1. The van der Waals surface area contributed by atoms with E-state index in [1.807, 2.05) is 12.1 Å². The standard InChI is InChI=1S/C29H39F3O2/c1-5-34-20(3)27(30)18-19(2)6-7-21-8-10-22(11-9-21)25-16-17-26(29(32)28(25)31)23-12-14-24(33-4)15-13-23/h16-18,21-24H,2-3,5-15H2,1,4H3/b27-18+. The van der Waals surface area contributed by atoms with E-state index in [1.54, 1.807) is 14.0 Å². The van der Waals surface area contributed by atoms with Crippen molar-refractivity contribution < 1.29 is 22.6 Å². The molecule has 3 rings (SSSR count). The van der Waals surface area contributed by atoms with Gasteiger partial charge in [0.25, 0.3) is 0 Å². The van der Waals surface area contributed by atoms with E-state index in [-0.39, 0.29) is 23.7 Å². The van der Waals surface area contributed by atoms with Gasteiger partial charge in [-0.15, -0.1) is 0 Å². The molecule has 2 aliphatic carbocycles. The third kappa shape index (κ3) is 6.78. The number of ether oxygens (including phenoxy) is 2. The second-order valence-electron chi connectivity index (χ2n) is 9.84. The summed E-state index contributed by atoms with van der Waals surface area (Å²) in [5.41, 5.74) is 1.76. The number of allylic oxidation sites excluding steroid dienone is 3. The molecule has 2 fully saturated rings. The second-order valence-corrected chi connectivity index (χ2v) is 9.84. The maximum Gasteiger partial charge on any atom is 0.164 e. The molecule has 0 atom stereocenters. The Labute approximate surface area is 202 Å². The number of methoxy groups -OCH3 is 1. The van der Waals surface area contributed by atoms with E-state index in [1.165, 1.54) is 6.08 Å². The molecule has 0 spiro atoms. The van der Waals surface area contributed by atoms with Crippen molar-refractivity contribution in [3.8, 4) is 0 Å². The van der Waals surface area contributed by atoms with Crippen LogP contribution in [0.5, 0.6) is 0 Å². The maximum absolute atomic E-state index is 15.1. The number of benzene rings is 1. The number of hydrogen-bond acceptors (Lipinski definition) is 2. The van der Waals surface area contributed by atoms with E-state index in [2.05, 4.69) is 13.2 Å². The maximum atomic E-state index is 15.1. The largest absolute Gasteiger partial charge is 0.491 e.